The molecule has 3 nitrogen and oxygen atoms in total. The molecule has 0 radical (unpaired) electrons. The largest absolute Gasteiger partial charge is 0.314 e. The van der Waals surface area contributed by atoms with Gasteiger partial charge in [0, 0.05) is 68.4 Å². The second-order valence-corrected chi connectivity index (χ2v) is 7.26. The van der Waals surface area contributed by atoms with Crippen molar-refractivity contribution in [3.8, 4) is 0 Å². The van der Waals surface area contributed by atoms with Crippen LogP contribution >= 0.6 is 11.8 Å². The second kappa shape index (κ2) is 5.68. The highest BCUT2D eigenvalue weighted by molar-refractivity contribution is 7.99. The molecule has 0 bridgehead atoms. The third kappa shape index (κ3) is 2.50. The van der Waals surface area contributed by atoms with E-state index >= 15 is 0 Å². The van der Waals surface area contributed by atoms with Gasteiger partial charge >= 0.3 is 0 Å². The highest BCUT2D eigenvalue weighted by atomic mass is 32.2. The Morgan fingerprint density at radius 2 is 1.90 bits per heavy atom. The number of nitrogens with one attached hydrogen (secondary N) is 1. The molecule has 1 unspecified atom stereocenters. The molecule has 1 N–H and O–H groups in total. The van der Waals surface area contributed by atoms with E-state index in [9.17, 15) is 0 Å². The van der Waals surface area contributed by atoms with E-state index in [1.54, 1.807) is 5.56 Å². The minimum Gasteiger partial charge on any atom is -0.314 e. The summed E-state index contributed by atoms with van der Waals surface area (Å²) in [6.45, 7) is 8.67. The molecular weight excluding hydrogens is 266 g/mol. The smallest absolute Gasteiger partial charge is 0.0346 e. The predicted molar refractivity (Wildman–Crippen MR) is 84.6 cm³/mol. The lowest BCUT2D eigenvalue weighted by atomic mass is 10.0. The van der Waals surface area contributed by atoms with Crippen LogP contribution in [0, 0.1) is 0 Å². The van der Waals surface area contributed by atoms with Gasteiger partial charge in [0.1, 0.15) is 0 Å². The molecule has 0 aliphatic carbocycles. The van der Waals surface area contributed by atoms with E-state index < -0.39 is 0 Å². The summed E-state index contributed by atoms with van der Waals surface area (Å²) in [5.74, 6) is 2.01. The fraction of sp³-hybridized carbons (Fsp3) is 0.625. The second-order valence-electron chi connectivity index (χ2n) is 6.19. The molecule has 0 saturated carbocycles. The highest BCUT2D eigenvalue weighted by Gasteiger charge is 2.30. The van der Waals surface area contributed by atoms with Crippen molar-refractivity contribution >= 4 is 11.8 Å². The minimum absolute atomic E-state index is 0.744. The Labute approximate surface area is 125 Å². The molecular formula is C16H23N3S. The van der Waals surface area contributed by atoms with E-state index in [1.807, 2.05) is 11.8 Å². The number of piperazine rings is 1. The normalized spacial score (nSPS) is 28.3. The van der Waals surface area contributed by atoms with E-state index in [-0.39, 0.29) is 0 Å². The van der Waals surface area contributed by atoms with Crippen LogP contribution < -0.4 is 5.32 Å². The van der Waals surface area contributed by atoms with Gasteiger partial charge < -0.3 is 10.2 Å². The van der Waals surface area contributed by atoms with Gasteiger partial charge in [-0.05, 0) is 11.6 Å². The van der Waals surface area contributed by atoms with Crippen LogP contribution in [0.1, 0.15) is 11.5 Å². The first-order valence-electron chi connectivity index (χ1n) is 7.79. The molecule has 3 aliphatic rings. The summed E-state index contributed by atoms with van der Waals surface area (Å²) in [6.07, 6.45) is 0. The Balaban J connectivity index is 1.32. The number of fused-ring (bicyclic) bond motifs is 1. The Morgan fingerprint density at radius 1 is 1.10 bits per heavy atom. The lowest BCUT2D eigenvalue weighted by molar-refractivity contribution is 0.0709. The van der Waals surface area contributed by atoms with Crippen LogP contribution in [0.2, 0.25) is 0 Å². The molecule has 4 rings (SSSR count). The van der Waals surface area contributed by atoms with Crippen molar-refractivity contribution in [3.63, 3.8) is 0 Å². The summed E-state index contributed by atoms with van der Waals surface area (Å²) in [5, 5.41) is 3.38. The Bertz CT molecular complexity index is 467. The fourth-order valence-corrected chi connectivity index (χ4v) is 4.78. The summed E-state index contributed by atoms with van der Waals surface area (Å²) in [5.41, 5.74) is 1.59. The van der Waals surface area contributed by atoms with Crippen LogP contribution in [0.5, 0.6) is 0 Å². The third-order valence-corrected chi connectivity index (χ3v) is 6.21. The molecule has 1 aromatic rings. The minimum atomic E-state index is 0.744. The van der Waals surface area contributed by atoms with Crippen molar-refractivity contribution < 1.29 is 0 Å². The molecule has 0 spiro atoms. The van der Waals surface area contributed by atoms with Crippen LogP contribution in [-0.4, -0.2) is 67.4 Å². The zero-order valence-corrected chi connectivity index (χ0v) is 12.7. The van der Waals surface area contributed by atoms with Gasteiger partial charge in [0.2, 0.25) is 0 Å². The van der Waals surface area contributed by atoms with Crippen molar-refractivity contribution in [3.05, 3.63) is 29.8 Å². The molecule has 2 saturated heterocycles. The third-order valence-electron chi connectivity index (χ3n) is 4.96. The number of rotatable bonds is 3. The maximum absolute atomic E-state index is 3.38. The lowest BCUT2D eigenvalue weighted by Gasteiger charge is -2.43. The SMILES string of the molecule is c1ccc2c(c1)SCC2CN1CCN(C2CNC2)CC1. The monoisotopic (exact) mass is 289 g/mol. The summed E-state index contributed by atoms with van der Waals surface area (Å²) in [4.78, 5) is 6.86. The molecule has 0 amide bonds. The number of benzene rings is 1. The first-order valence-corrected chi connectivity index (χ1v) is 8.77. The summed E-state index contributed by atoms with van der Waals surface area (Å²) >= 11 is 2.04. The van der Waals surface area contributed by atoms with Crippen LogP contribution in [0.3, 0.4) is 0 Å². The van der Waals surface area contributed by atoms with Crippen molar-refractivity contribution in [2.75, 3.05) is 51.6 Å². The number of hydrogen-bond donors (Lipinski definition) is 1. The predicted octanol–water partition coefficient (Wildman–Crippen LogP) is 1.47. The van der Waals surface area contributed by atoms with E-state index in [2.05, 4.69) is 39.4 Å². The molecule has 1 aromatic carbocycles. The summed E-state index contributed by atoms with van der Waals surface area (Å²) < 4.78 is 0. The maximum atomic E-state index is 3.38. The van der Waals surface area contributed by atoms with Gasteiger partial charge in [-0.25, -0.2) is 0 Å². The van der Waals surface area contributed by atoms with Crippen LogP contribution in [0.15, 0.2) is 29.2 Å². The van der Waals surface area contributed by atoms with Crippen molar-refractivity contribution in [2.24, 2.45) is 0 Å². The Hall–Kier alpha value is -0.550. The highest BCUT2D eigenvalue weighted by Crippen LogP contribution is 2.39. The van der Waals surface area contributed by atoms with Gasteiger partial charge in [0.25, 0.3) is 0 Å². The molecule has 20 heavy (non-hydrogen) atoms. The van der Waals surface area contributed by atoms with Crippen LogP contribution in [-0.2, 0) is 0 Å². The standard InChI is InChI=1S/C16H23N3S/c1-2-4-16-15(3-1)13(12-20-16)11-18-5-7-19(8-6-18)14-9-17-10-14/h1-4,13-14,17H,5-12H2. The first-order chi connectivity index (χ1) is 9.90. The van der Waals surface area contributed by atoms with E-state index in [0.717, 1.165) is 12.0 Å². The summed E-state index contributed by atoms with van der Waals surface area (Å²) in [7, 11) is 0. The van der Waals surface area contributed by atoms with E-state index in [4.69, 9.17) is 0 Å². The molecule has 2 fully saturated rings. The van der Waals surface area contributed by atoms with Crippen LogP contribution in [0.4, 0.5) is 0 Å². The van der Waals surface area contributed by atoms with E-state index in [0.29, 0.717) is 0 Å². The van der Waals surface area contributed by atoms with Gasteiger partial charge in [0.05, 0.1) is 0 Å². The topological polar surface area (TPSA) is 18.5 Å². The van der Waals surface area contributed by atoms with Gasteiger partial charge in [-0.1, -0.05) is 18.2 Å². The van der Waals surface area contributed by atoms with Crippen molar-refractivity contribution in [1.29, 1.82) is 0 Å². The van der Waals surface area contributed by atoms with Gasteiger partial charge in [-0.15, -0.1) is 11.8 Å². The van der Waals surface area contributed by atoms with Crippen molar-refractivity contribution in [1.82, 2.24) is 15.1 Å². The molecule has 108 valence electrons. The fourth-order valence-electron chi connectivity index (χ4n) is 3.53. The zero-order valence-electron chi connectivity index (χ0n) is 11.9. The van der Waals surface area contributed by atoms with Crippen molar-refractivity contribution in [2.45, 2.75) is 16.9 Å². The quantitative estimate of drug-likeness (QED) is 0.908. The molecule has 3 aliphatic heterocycles. The molecule has 0 aromatic heterocycles. The average molecular weight is 289 g/mol. The number of thioether (sulfide) groups is 1. The first kappa shape index (κ1) is 13.1. The molecule has 3 heterocycles. The molecule has 4 heteroatoms. The average Bonchev–Trinajstić information content (AvgIpc) is 2.83. The Kier molecular flexibility index (Phi) is 3.73. The van der Waals surface area contributed by atoms with Gasteiger partial charge in [-0.3, -0.25) is 4.90 Å². The number of nitrogens with zero attached hydrogens (tertiary/aromatic N) is 2. The zero-order chi connectivity index (χ0) is 13.4. The molecule has 1 atom stereocenters. The number of hydrogen-bond acceptors (Lipinski definition) is 4. The maximum Gasteiger partial charge on any atom is 0.0346 e. The van der Waals surface area contributed by atoms with Crippen LogP contribution in [0.25, 0.3) is 0 Å². The Morgan fingerprint density at radius 3 is 2.65 bits per heavy atom. The summed E-state index contributed by atoms with van der Waals surface area (Å²) in [6, 6.07) is 9.79. The van der Waals surface area contributed by atoms with Gasteiger partial charge in [-0.2, -0.15) is 0 Å². The lowest BCUT2D eigenvalue weighted by Crippen LogP contribution is -2.61. The van der Waals surface area contributed by atoms with Gasteiger partial charge in [0.15, 0.2) is 0 Å². The van der Waals surface area contributed by atoms with E-state index in [1.165, 1.54) is 56.5 Å².